The molecule has 0 bridgehead atoms. The van der Waals surface area contributed by atoms with Crippen LogP contribution in [0, 0.1) is 5.92 Å². The Kier molecular flexibility index (Phi) is 3.93. The predicted octanol–water partition coefficient (Wildman–Crippen LogP) is 3.12. The Bertz CT molecular complexity index is 496. The minimum Gasteiger partial charge on any atom is -0.229 e. The van der Waals surface area contributed by atoms with Crippen molar-refractivity contribution in [3.05, 3.63) is 35.4 Å². The third-order valence-electron chi connectivity index (χ3n) is 3.34. The molecular weight excluding hydrogens is 300 g/mol. The standard InChI is InChI=1S/C13H17BrO2S/c1-17(15,16)8-4-6-11-9-10-5-2-3-7-12(10)13(11)14/h2-3,5,7,11,13H,4,6,8-9H2,1H3. The highest BCUT2D eigenvalue weighted by atomic mass is 79.9. The van der Waals surface area contributed by atoms with Crippen LogP contribution in [0.3, 0.4) is 0 Å². The zero-order valence-electron chi connectivity index (χ0n) is 9.90. The summed E-state index contributed by atoms with van der Waals surface area (Å²) in [5.41, 5.74) is 2.77. The molecule has 2 unspecified atom stereocenters. The average Bonchev–Trinajstić information content (AvgIpc) is 2.55. The molecule has 0 spiro atoms. The number of rotatable bonds is 4. The molecule has 0 radical (unpaired) electrons. The van der Waals surface area contributed by atoms with Gasteiger partial charge in [-0.2, -0.15) is 0 Å². The van der Waals surface area contributed by atoms with E-state index in [4.69, 9.17) is 0 Å². The molecule has 0 saturated carbocycles. The Morgan fingerprint density at radius 3 is 2.71 bits per heavy atom. The van der Waals surface area contributed by atoms with Crippen molar-refractivity contribution < 1.29 is 8.42 Å². The average molecular weight is 317 g/mol. The number of hydrogen-bond acceptors (Lipinski definition) is 2. The summed E-state index contributed by atoms with van der Waals surface area (Å²) in [6.07, 6.45) is 4.11. The highest BCUT2D eigenvalue weighted by Crippen LogP contribution is 2.44. The van der Waals surface area contributed by atoms with E-state index in [9.17, 15) is 8.42 Å². The first-order chi connectivity index (χ1) is 7.97. The highest BCUT2D eigenvalue weighted by molar-refractivity contribution is 9.09. The van der Waals surface area contributed by atoms with Crippen molar-refractivity contribution in [2.45, 2.75) is 24.1 Å². The second-order valence-electron chi connectivity index (χ2n) is 4.84. The van der Waals surface area contributed by atoms with Gasteiger partial charge in [-0.25, -0.2) is 8.42 Å². The number of alkyl halides is 1. The van der Waals surface area contributed by atoms with Gasteiger partial charge in [-0.3, -0.25) is 0 Å². The fourth-order valence-corrected chi connectivity index (χ4v) is 4.07. The molecule has 0 aliphatic heterocycles. The number of halogens is 1. The molecule has 0 N–H and O–H groups in total. The summed E-state index contributed by atoms with van der Waals surface area (Å²) in [5, 5.41) is 0. The van der Waals surface area contributed by atoms with Crippen LogP contribution >= 0.6 is 15.9 Å². The molecule has 0 fully saturated rings. The van der Waals surface area contributed by atoms with Crippen LogP contribution in [0.15, 0.2) is 24.3 Å². The van der Waals surface area contributed by atoms with Gasteiger partial charge in [-0.05, 0) is 36.3 Å². The van der Waals surface area contributed by atoms with E-state index in [-0.39, 0.29) is 0 Å². The van der Waals surface area contributed by atoms with E-state index in [1.54, 1.807) is 0 Å². The number of benzene rings is 1. The Morgan fingerprint density at radius 2 is 2.06 bits per heavy atom. The highest BCUT2D eigenvalue weighted by Gasteiger charge is 2.29. The molecular formula is C13H17BrO2S. The van der Waals surface area contributed by atoms with E-state index in [0.717, 1.165) is 19.3 Å². The zero-order chi connectivity index (χ0) is 12.5. The minimum absolute atomic E-state index is 0.305. The van der Waals surface area contributed by atoms with Crippen molar-refractivity contribution >= 4 is 25.8 Å². The summed E-state index contributed by atoms with van der Waals surface area (Å²) < 4.78 is 22.2. The maximum atomic E-state index is 11.1. The molecule has 2 nitrogen and oxygen atoms in total. The molecule has 1 aromatic rings. The maximum Gasteiger partial charge on any atom is 0.147 e. The van der Waals surface area contributed by atoms with Crippen molar-refractivity contribution in [2.24, 2.45) is 5.92 Å². The largest absolute Gasteiger partial charge is 0.229 e. The van der Waals surface area contributed by atoms with E-state index in [2.05, 4.69) is 40.2 Å². The molecule has 2 rings (SSSR count). The molecule has 0 saturated heterocycles. The molecule has 4 heteroatoms. The quantitative estimate of drug-likeness (QED) is 0.800. The van der Waals surface area contributed by atoms with Crippen LogP contribution in [-0.4, -0.2) is 20.4 Å². The first-order valence-electron chi connectivity index (χ1n) is 5.87. The van der Waals surface area contributed by atoms with Gasteiger partial charge >= 0.3 is 0 Å². The molecule has 1 aliphatic rings. The van der Waals surface area contributed by atoms with Crippen LogP contribution in [0.1, 0.15) is 28.8 Å². The molecule has 2 atom stereocenters. The SMILES string of the molecule is CS(=O)(=O)CCCC1Cc2ccccc2C1Br. The fraction of sp³-hybridized carbons (Fsp3) is 0.538. The van der Waals surface area contributed by atoms with E-state index in [0.29, 0.717) is 16.5 Å². The second kappa shape index (κ2) is 5.11. The Morgan fingerprint density at radius 1 is 1.35 bits per heavy atom. The van der Waals surface area contributed by atoms with Gasteiger partial charge in [0, 0.05) is 16.8 Å². The summed E-state index contributed by atoms with van der Waals surface area (Å²) in [6, 6.07) is 8.45. The van der Waals surface area contributed by atoms with Crippen molar-refractivity contribution in [1.29, 1.82) is 0 Å². The van der Waals surface area contributed by atoms with E-state index >= 15 is 0 Å². The zero-order valence-corrected chi connectivity index (χ0v) is 12.3. The lowest BCUT2D eigenvalue weighted by molar-refractivity contribution is 0.501. The van der Waals surface area contributed by atoms with Crippen LogP contribution in [0.2, 0.25) is 0 Å². The Hall–Kier alpha value is -0.350. The summed E-state index contributed by atoms with van der Waals surface area (Å²) in [7, 11) is -2.82. The normalized spacial score (nSPS) is 23.6. The lowest BCUT2D eigenvalue weighted by atomic mass is 10.0. The smallest absolute Gasteiger partial charge is 0.147 e. The van der Waals surface area contributed by atoms with E-state index in [1.807, 2.05) is 0 Å². The summed E-state index contributed by atoms with van der Waals surface area (Å²) >= 11 is 3.73. The van der Waals surface area contributed by atoms with Gasteiger partial charge in [-0.1, -0.05) is 40.2 Å². The van der Waals surface area contributed by atoms with Crippen LogP contribution in [0.25, 0.3) is 0 Å². The van der Waals surface area contributed by atoms with E-state index < -0.39 is 9.84 Å². The van der Waals surface area contributed by atoms with Gasteiger partial charge in [0.15, 0.2) is 0 Å². The summed E-state index contributed by atoms with van der Waals surface area (Å²) in [4.78, 5) is 0.387. The molecule has 94 valence electrons. The van der Waals surface area contributed by atoms with Gasteiger partial charge in [0.25, 0.3) is 0 Å². The van der Waals surface area contributed by atoms with Crippen molar-refractivity contribution in [2.75, 3.05) is 12.0 Å². The van der Waals surface area contributed by atoms with E-state index in [1.165, 1.54) is 17.4 Å². The predicted molar refractivity (Wildman–Crippen MR) is 74.2 cm³/mol. The third-order valence-corrected chi connectivity index (χ3v) is 5.61. The molecule has 0 amide bonds. The number of sulfone groups is 1. The van der Waals surface area contributed by atoms with Crippen molar-refractivity contribution in [3.8, 4) is 0 Å². The van der Waals surface area contributed by atoms with Crippen LogP contribution in [0.5, 0.6) is 0 Å². The van der Waals surface area contributed by atoms with Gasteiger partial charge in [0.1, 0.15) is 9.84 Å². The van der Waals surface area contributed by atoms with Crippen LogP contribution in [-0.2, 0) is 16.3 Å². The van der Waals surface area contributed by atoms with Crippen molar-refractivity contribution in [3.63, 3.8) is 0 Å². The molecule has 17 heavy (non-hydrogen) atoms. The molecule has 0 aromatic heterocycles. The van der Waals surface area contributed by atoms with Gasteiger partial charge in [0.2, 0.25) is 0 Å². The Labute approximate surface area is 111 Å². The van der Waals surface area contributed by atoms with Gasteiger partial charge in [-0.15, -0.1) is 0 Å². The van der Waals surface area contributed by atoms with Crippen LogP contribution < -0.4 is 0 Å². The topological polar surface area (TPSA) is 34.1 Å². The fourth-order valence-electron chi connectivity index (χ4n) is 2.49. The van der Waals surface area contributed by atoms with Gasteiger partial charge in [0.05, 0.1) is 0 Å². The number of hydrogen-bond donors (Lipinski definition) is 0. The van der Waals surface area contributed by atoms with Gasteiger partial charge < -0.3 is 0 Å². The third kappa shape index (κ3) is 3.32. The lowest BCUT2D eigenvalue weighted by Crippen LogP contribution is -2.08. The summed E-state index contributed by atoms with van der Waals surface area (Å²) in [5.74, 6) is 0.841. The molecule has 1 aliphatic carbocycles. The molecule has 1 aromatic carbocycles. The number of fused-ring (bicyclic) bond motifs is 1. The summed E-state index contributed by atoms with van der Waals surface area (Å²) in [6.45, 7) is 0. The minimum atomic E-state index is -2.82. The van der Waals surface area contributed by atoms with Crippen molar-refractivity contribution in [1.82, 2.24) is 0 Å². The monoisotopic (exact) mass is 316 g/mol. The first kappa shape index (κ1) is 13.1. The molecule has 0 heterocycles. The second-order valence-corrected chi connectivity index (χ2v) is 8.08. The lowest BCUT2D eigenvalue weighted by Gasteiger charge is -2.13. The van der Waals surface area contributed by atoms with Crippen LogP contribution in [0.4, 0.5) is 0 Å². The first-order valence-corrected chi connectivity index (χ1v) is 8.84. The Balaban J connectivity index is 1.94. The maximum absolute atomic E-state index is 11.1.